The molecule has 0 unspecified atom stereocenters. The monoisotopic (exact) mass is 790 g/mol. The summed E-state index contributed by atoms with van der Waals surface area (Å²) in [5.41, 5.74) is 11.0. The van der Waals surface area contributed by atoms with Crippen molar-refractivity contribution < 1.29 is 22.9 Å². The summed E-state index contributed by atoms with van der Waals surface area (Å²) in [7, 11) is -4.18. The number of hydrogen-bond acceptors (Lipinski definition) is 10. The van der Waals surface area contributed by atoms with Gasteiger partial charge < -0.3 is 20.1 Å². The summed E-state index contributed by atoms with van der Waals surface area (Å²) < 4.78 is 33.4. The van der Waals surface area contributed by atoms with E-state index in [0.717, 1.165) is 32.3 Å². The molecule has 0 radical (unpaired) electrons. The first-order chi connectivity index (χ1) is 26.6. The number of para-hydroxylation sites is 2. The van der Waals surface area contributed by atoms with Crippen molar-refractivity contribution in [2.45, 2.75) is 39.8 Å². The highest BCUT2D eigenvalue weighted by atomic mass is 35.5. The van der Waals surface area contributed by atoms with Crippen LogP contribution in [0.2, 0.25) is 5.02 Å². The number of nitrogens with zero attached hydrogens (tertiary/aromatic N) is 4. The third-order valence-corrected chi connectivity index (χ3v) is 11.5. The first-order valence-electron chi connectivity index (χ1n) is 17.3. The number of phosphoric acid groups is 1. The summed E-state index contributed by atoms with van der Waals surface area (Å²) in [5.74, 6) is 7.51. The Morgan fingerprint density at radius 2 is 1.62 bits per heavy atom. The van der Waals surface area contributed by atoms with Crippen molar-refractivity contribution in [3.05, 3.63) is 152 Å². The molecule has 3 N–H and O–H groups in total. The van der Waals surface area contributed by atoms with E-state index in [-0.39, 0.29) is 25.5 Å². The molecule has 0 saturated heterocycles. The summed E-state index contributed by atoms with van der Waals surface area (Å²) in [6.07, 6.45) is -0.0201. The summed E-state index contributed by atoms with van der Waals surface area (Å²) in [6, 6.07) is 29.3. The number of aliphatic imine (C=N–C) groups is 1. The van der Waals surface area contributed by atoms with Gasteiger partial charge in [-0.25, -0.2) is 4.57 Å². The van der Waals surface area contributed by atoms with E-state index in [0.29, 0.717) is 45.0 Å². The van der Waals surface area contributed by atoms with Crippen molar-refractivity contribution in [2.24, 2.45) is 10.7 Å². The number of fused-ring (bicyclic) bond motifs is 3. The van der Waals surface area contributed by atoms with Gasteiger partial charge in [-0.1, -0.05) is 78.0 Å². The third-order valence-electron chi connectivity index (χ3n) is 8.75. The summed E-state index contributed by atoms with van der Waals surface area (Å²) in [5, 5.41) is 13.5. The van der Waals surface area contributed by atoms with Gasteiger partial charge in [0.15, 0.2) is 5.82 Å². The first kappa shape index (κ1) is 37.8. The van der Waals surface area contributed by atoms with Crippen LogP contribution in [-0.2, 0) is 20.5 Å². The molecule has 3 heterocycles. The smallest absolute Gasteiger partial charge is 0.395 e. The van der Waals surface area contributed by atoms with Crippen LogP contribution in [0.25, 0.3) is 5.00 Å². The second-order valence-electron chi connectivity index (χ2n) is 12.6. The molecule has 7 rings (SSSR count). The average molecular weight is 791 g/mol. The SMILES string of the molecule is Cc1sc2c(c1C)C(c1ccc(Cl)cc1)=N[C@@H](CC(=O)Nc1ccc(COP(=O)(Oc3ccccc3)Oc3ccccc3)c(C#CCN)c1)c1nnc(C)n1-2. The highest BCUT2D eigenvalue weighted by Gasteiger charge is 2.33. The van der Waals surface area contributed by atoms with E-state index in [1.54, 1.807) is 78.1 Å². The second kappa shape index (κ2) is 16.4. The molecular weight excluding hydrogens is 755 g/mol. The summed E-state index contributed by atoms with van der Waals surface area (Å²) in [6.45, 7) is 5.97. The number of thiophene rings is 1. The van der Waals surface area contributed by atoms with Crippen molar-refractivity contribution in [1.29, 1.82) is 0 Å². The average Bonchev–Trinajstić information content (AvgIpc) is 3.66. The molecule has 1 atom stereocenters. The third kappa shape index (κ3) is 8.57. The Hall–Kier alpha value is -5.54. The minimum atomic E-state index is -4.18. The van der Waals surface area contributed by atoms with E-state index in [4.69, 9.17) is 35.9 Å². The molecule has 6 aromatic rings. The molecule has 0 bridgehead atoms. The van der Waals surface area contributed by atoms with Gasteiger partial charge in [-0.3, -0.25) is 18.9 Å². The highest BCUT2D eigenvalue weighted by Crippen LogP contribution is 2.50. The van der Waals surface area contributed by atoms with Crippen molar-refractivity contribution in [2.75, 3.05) is 11.9 Å². The fourth-order valence-electron chi connectivity index (χ4n) is 6.00. The molecule has 0 aliphatic carbocycles. The summed E-state index contributed by atoms with van der Waals surface area (Å²) in [4.78, 5) is 20.2. The number of benzene rings is 4. The van der Waals surface area contributed by atoms with Crippen LogP contribution in [0.4, 0.5) is 5.69 Å². The number of anilines is 1. The number of phosphoric ester groups is 1. The van der Waals surface area contributed by atoms with Crippen molar-refractivity contribution in [3.8, 4) is 28.3 Å². The van der Waals surface area contributed by atoms with E-state index < -0.39 is 13.9 Å². The molecule has 0 saturated carbocycles. The topological polar surface area (TPSA) is 143 Å². The van der Waals surface area contributed by atoms with Crippen LogP contribution in [0, 0.1) is 32.6 Å². The number of nitrogens with two attached hydrogens (primary N) is 1. The van der Waals surface area contributed by atoms with Crippen LogP contribution < -0.4 is 20.1 Å². The maximum absolute atomic E-state index is 14.0. The number of aromatic nitrogens is 3. The number of aryl methyl sites for hydroxylation is 2. The molecule has 4 aromatic carbocycles. The van der Waals surface area contributed by atoms with E-state index in [9.17, 15) is 9.36 Å². The highest BCUT2D eigenvalue weighted by molar-refractivity contribution is 7.49. The van der Waals surface area contributed by atoms with Gasteiger partial charge >= 0.3 is 7.82 Å². The quantitative estimate of drug-likeness (QED) is 0.0979. The number of rotatable bonds is 11. The lowest BCUT2D eigenvalue weighted by Gasteiger charge is -2.19. The van der Waals surface area contributed by atoms with Gasteiger partial charge in [-0.15, -0.1) is 21.5 Å². The van der Waals surface area contributed by atoms with Crippen molar-refractivity contribution in [1.82, 2.24) is 14.8 Å². The van der Waals surface area contributed by atoms with E-state index in [1.807, 2.05) is 47.9 Å². The van der Waals surface area contributed by atoms with Gasteiger partial charge in [0.05, 0.1) is 25.3 Å². The van der Waals surface area contributed by atoms with Crippen molar-refractivity contribution >= 4 is 48.1 Å². The van der Waals surface area contributed by atoms with Crippen LogP contribution in [0.5, 0.6) is 11.5 Å². The predicted molar refractivity (Wildman–Crippen MR) is 215 cm³/mol. The lowest BCUT2D eigenvalue weighted by molar-refractivity contribution is -0.116. The fraction of sp³-hybridized carbons (Fsp3) is 0.171. The van der Waals surface area contributed by atoms with Gasteiger partial charge in [-0.2, -0.15) is 0 Å². The molecule has 0 spiro atoms. The number of halogens is 1. The Morgan fingerprint density at radius 3 is 2.27 bits per heavy atom. The normalized spacial score (nSPS) is 13.4. The first-order valence-corrected chi connectivity index (χ1v) is 20.0. The van der Waals surface area contributed by atoms with E-state index in [1.165, 1.54) is 0 Å². The van der Waals surface area contributed by atoms with E-state index >= 15 is 0 Å². The van der Waals surface area contributed by atoms with Gasteiger partial charge in [-0.05, 0) is 80.4 Å². The Bertz CT molecular complexity index is 2450. The molecule has 0 fully saturated rings. The molecule has 14 heteroatoms. The predicted octanol–water partition coefficient (Wildman–Crippen LogP) is 8.92. The zero-order valence-electron chi connectivity index (χ0n) is 30.2. The molecule has 1 aliphatic rings. The van der Waals surface area contributed by atoms with Crippen LogP contribution >= 0.6 is 30.8 Å². The van der Waals surface area contributed by atoms with Crippen molar-refractivity contribution in [3.63, 3.8) is 0 Å². The van der Waals surface area contributed by atoms with Crippen LogP contribution in [0.3, 0.4) is 0 Å². The fourth-order valence-corrected chi connectivity index (χ4v) is 8.54. The minimum absolute atomic E-state index is 0.0201. The molecule has 1 aliphatic heterocycles. The van der Waals surface area contributed by atoms with E-state index in [2.05, 4.69) is 41.2 Å². The molecule has 278 valence electrons. The second-order valence-corrected chi connectivity index (χ2v) is 15.7. The van der Waals surface area contributed by atoms with Gasteiger partial charge in [0.1, 0.15) is 28.4 Å². The lowest BCUT2D eigenvalue weighted by atomic mass is 9.99. The van der Waals surface area contributed by atoms with Gasteiger partial charge in [0.2, 0.25) is 5.91 Å². The molecule has 55 heavy (non-hydrogen) atoms. The number of amides is 1. The summed E-state index contributed by atoms with van der Waals surface area (Å²) >= 11 is 7.90. The number of carbonyl (C=O) groups is 1. The van der Waals surface area contributed by atoms with Crippen LogP contribution in [0.1, 0.15) is 56.8 Å². The Balaban J connectivity index is 1.15. The Kier molecular flexibility index (Phi) is 11.3. The Labute approximate surface area is 327 Å². The maximum atomic E-state index is 14.0. The standard InChI is InChI=1S/C41H36ClN6O5PS/c1-26-27(2)55-41-38(26)39(29-16-19-32(42)20-17-29)45-36(40-47-46-28(3)48(40)41)24-37(49)44-33-21-18-31(30(23-33)11-10-22-43)25-51-54(50,52-34-12-6-4-7-13-34)53-35-14-8-5-9-15-35/h4-9,12-21,23,36H,22,24-25,43H2,1-3H3,(H,44,49)/t36-/m0/s1. The number of nitrogens with one attached hydrogen (secondary N) is 1. The zero-order chi connectivity index (χ0) is 38.5. The lowest BCUT2D eigenvalue weighted by Crippen LogP contribution is -2.17. The van der Waals surface area contributed by atoms with Gasteiger partial charge in [0, 0.05) is 32.3 Å². The Morgan fingerprint density at radius 1 is 0.945 bits per heavy atom. The molecule has 2 aromatic heterocycles. The zero-order valence-corrected chi connectivity index (χ0v) is 32.6. The largest absolute Gasteiger partial charge is 0.587 e. The molecular formula is C41H36ClN6O5PS. The molecule has 11 nitrogen and oxygen atoms in total. The van der Waals surface area contributed by atoms with Gasteiger partial charge in [0.25, 0.3) is 0 Å². The van der Waals surface area contributed by atoms with Crippen LogP contribution in [0.15, 0.2) is 108 Å². The van der Waals surface area contributed by atoms with Crippen LogP contribution in [-0.4, -0.2) is 32.9 Å². The number of carbonyl (C=O) groups excluding carboxylic acids is 1. The minimum Gasteiger partial charge on any atom is -0.395 e. The maximum Gasteiger partial charge on any atom is 0.587 e. The number of hydrogen-bond donors (Lipinski definition) is 2. The molecule has 1 amide bonds.